The molecule has 2 saturated carbocycles. The van der Waals surface area contributed by atoms with Gasteiger partial charge in [0.2, 0.25) is 5.91 Å². The largest absolute Gasteiger partial charge is 0.481 e. The molecule has 32 heavy (non-hydrogen) atoms. The fraction of sp³-hybridized carbons (Fsp3) is 0.400. The van der Waals surface area contributed by atoms with Gasteiger partial charge in [0.05, 0.1) is 5.92 Å². The molecular formula is C25H26N2O5. The van der Waals surface area contributed by atoms with E-state index in [1.807, 2.05) is 24.3 Å². The first-order valence-corrected chi connectivity index (χ1v) is 11.1. The molecule has 3 aliphatic carbocycles. The number of carboxylic acid groups (broad SMARTS) is 1. The number of rotatable bonds is 6. The summed E-state index contributed by atoms with van der Waals surface area (Å²) in [5.74, 6) is -1.51. The predicted octanol–water partition coefficient (Wildman–Crippen LogP) is 3.43. The van der Waals surface area contributed by atoms with E-state index in [0.717, 1.165) is 28.7 Å². The number of amides is 2. The standard InChI is InChI=1S/C25H26N2O5/c28-22(29)15-12-16(13-15)26-23(30)25(10-5-11-25)27-24(31)32-14-21-19-8-3-1-6-17(19)18-7-2-4-9-20(18)21/h1-4,6-9,15-16,21H,5,10-14H2,(H,26,30)(H,27,31)(H,28,29). The maximum absolute atomic E-state index is 12.8. The van der Waals surface area contributed by atoms with Gasteiger partial charge in [-0.25, -0.2) is 4.79 Å². The van der Waals surface area contributed by atoms with Gasteiger partial charge in [-0.2, -0.15) is 0 Å². The molecule has 2 fully saturated rings. The highest BCUT2D eigenvalue weighted by Gasteiger charge is 2.48. The highest BCUT2D eigenvalue weighted by atomic mass is 16.5. The summed E-state index contributed by atoms with van der Waals surface area (Å²) in [6.45, 7) is 0.195. The van der Waals surface area contributed by atoms with Crippen molar-refractivity contribution in [2.75, 3.05) is 6.61 Å². The lowest BCUT2D eigenvalue weighted by molar-refractivity contribution is -0.147. The molecule has 0 atom stereocenters. The highest BCUT2D eigenvalue weighted by molar-refractivity contribution is 5.91. The van der Waals surface area contributed by atoms with Crippen LogP contribution in [0.5, 0.6) is 0 Å². The van der Waals surface area contributed by atoms with Crippen molar-refractivity contribution >= 4 is 18.0 Å². The van der Waals surface area contributed by atoms with Gasteiger partial charge in [0.25, 0.3) is 0 Å². The lowest BCUT2D eigenvalue weighted by Gasteiger charge is -2.43. The average molecular weight is 434 g/mol. The number of carbonyl (C=O) groups excluding carboxylic acids is 2. The van der Waals surface area contributed by atoms with E-state index < -0.39 is 23.5 Å². The van der Waals surface area contributed by atoms with E-state index in [4.69, 9.17) is 9.84 Å². The van der Waals surface area contributed by atoms with Crippen LogP contribution in [-0.2, 0) is 14.3 Å². The van der Waals surface area contributed by atoms with E-state index in [0.29, 0.717) is 25.7 Å². The van der Waals surface area contributed by atoms with E-state index in [1.165, 1.54) is 0 Å². The Labute approximate surface area is 186 Å². The molecule has 5 rings (SSSR count). The first-order valence-electron chi connectivity index (χ1n) is 11.1. The quantitative estimate of drug-likeness (QED) is 0.646. The minimum Gasteiger partial charge on any atom is -0.481 e. The highest BCUT2D eigenvalue weighted by Crippen LogP contribution is 2.44. The molecule has 3 N–H and O–H groups in total. The molecule has 2 aromatic carbocycles. The molecule has 0 radical (unpaired) electrons. The van der Waals surface area contributed by atoms with Crippen molar-refractivity contribution in [2.24, 2.45) is 5.92 Å². The summed E-state index contributed by atoms with van der Waals surface area (Å²) in [6, 6.07) is 16.1. The zero-order valence-electron chi connectivity index (χ0n) is 17.7. The van der Waals surface area contributed by atoms with E-state index in [1.54, 1.807) is 0 Å². The Bertz CT molecular complexity index is 1030. The number of carbonyl (C=O) groups is 3. The molecule has 166 valence electrons. The Morgan fingerprint density at radius 1 is 0.969 bits per heavy atom. The van der Waals surface area contributed by atoms with Gasteiger partial charge in [-0.1, -0.05) is 48.5 Å². The normalized spacial score (nSPS) is 22.5. The number of aliphatic carboxylic acids is 1. The van der Waals surface area contributed by atoms with Crippen molar-refractivity contribution < 1.29 is 24.2 Å². The van der Waals surface area contributed by atoms with Crippen molar-refractivity contribution in [3.8, 4) is 11.1 Å². The maximum Gasteiger partial charge on any atom is 0.408 e. The summed E-state index contributed by atoms with van der Waals surface area (Å²) in [5, 5.41) is 14.7. The first kappa shape index (κ1) is 20.5. The van der Waals surface area contributed by atoms with E-state index in [-0.39, 0.29) is 24.5 Å². The number of nitrogens with one attached hydrogen (secondary N) is 2. The number of ether oxygens (including phenoxy) is 1. The summed E-state index contributed by atoms with van der Waals surface area (Å²) in [6.07, 6.45) is 2.22. The van der Waals surface area contributed by atoms with E-state index >= 15 is 0 Å². The number of hydrogen-bond acceptors (Lipinski definition) is 4. The van der Waals surface area contributed by atoms with Gasteiger partial charge in [-0.05, 0) is 54.4 Å². The van der Waals surface area contributed by atoms with Gasteiger partial charge >= 0.3 is 12.1 Å². The fourth-order valence-electron chi connectivity index (χ4n) is 5.03. The second-order valence-corrected chi connectivity index (χ2v) is 9.06. The summed E-state index contributed by atoms with van der Waals surface area (Å²) in [7, 11) is 0. The Morgan fingerprint density at radius 2 is 1.56 bits per heavy atom. The summed E-state index contributed by atoms with van der Waals surface area (Å²) in [5.41, 5.74) is 3.63. The van der Waals surface area contributed by atoms with Crippen LogP contribution in [-0.4, -0.2) is 41.3 Å². The molecule has 0 aromatic heterocycles. The molecule has 7 nitrogen and oxygen atoms in total. The second-order valence-electron chi connectivity index (χ2n) is 9.06. The zero-order chi connectivity index (χ0) is 22.3. The van der Waals surface area contributed by atoms with Crippen LogP contribution in [0, 0.1) is 5.92 Å². The Balaban J connectivity index is 1.20. The topological polar surface area (TPSA) is 105 Å². The van der Waals surface area contributed by atoms with Crippen LogP contribution in [0.3, 0.4) is 0 Å². The molecule has 0 bridgehead atoms. The van der Waals surface area contributed by atoms with Crippen LogP contribution in [0.2, 0.25) is 0 Å². The van der Waals surface area contributed by atoms with Gasteiger partial charge in [0.1, 0.15) is 12.1 Å². The monoisotopic (exact) mass is 434 g/mol. The number of fused-ring (bicyclic) bond motifs is 3. The number of hydrogen-bond donors (Lipinski definition) is 3. The predicted molar refractivity (Wildman–Crippen MR) is 117 cm³/mol. The molecule has 0 unspecified atom stereocenters. The molecule has 0 aliphatic heterocycles. The molecule has 0 heterocycles. The zero-order valence-corrected chi connectivity index (χ0v) is 17.7. The van der Waals surface area contributed by atoms with Crippen LogP contribution in [0.25, 0.3) is 11.1 Å². The molecule has 0 saturated heterocycles. The van der Waals surface area contributed by atoms with Crippen molar-refractivity contribution in [1.82, 2.24) is 10.6 Å². The number of alkyl carbamates (subject to hydrolysis) is 1. The molecule has 2 amide bonds. The van der Waals surface area contributed by atoms with E-state index in [9.17, 15) is 14.4 Å². The fourth-order valence-corrected chi connectivity index (χ4v) is 5.03. The third kappa shape index (κ3) is 3.51. The Kier molecular flexibility index (Phi) is 5.12. The van der Waals surface area contributed by atoms with Gasteiger partial charge in [0, 0.05) is 12.0 Å². The lowest BCUT2D eigenvalue weighted by Crippen LogP contribution is -2.65. The van der Waals surface area contributed by atoms with Gasteiger partial charge < -0.3 is 20.5 Å². The number of carboxylic acids is 1. The third-order valence-electron chi connectivity index (χ3n) is 7.15. The molecule has 0 spiro atoms. The summed E-state index contributed by atoms with van der Waals surface area (Å²) in [4.78, 5) is 36.4. The van der Waals surface area contributed by atoms with Crippen LogP contribution in [0.15, 0.2) is 48.5 Å². The summed E-state index contributed by atoms with van der Waals surface area (Å²) >= 11 is 0. The van der Waals surface area contributed by atoms with Crippen molar-refractivity contribution in [1.29, 1.82) is 0 Å². The molecule has 7 heteroatoms. The van der Waals surface area contributed by atoms with Gasteiger partial charge in [-0.3, -0.25) is 9.59 Å². The molecular weight excluding hydrogens is 408 g/mol. The minimum atomic E-state index is -0.961. The van der Waals surface area contributed by atoms with Gasteiger partial charge in [-0.15, -0.1) is 0 Å². The maximum atomic E-state index is 12.8. The Morgan fingerprint density at radius 3 is 2.09 bits per heavy atom. The Hall–Kier alpha value is -3.35. The smallest absolute Gasteiger partial charge is 0.408 e. The van der Waals surface area contributed by atoms with Crippen molar-refractivity contribution in [3.63, 3.8) is 0 Å². The van der Waals surface area contributed by atoms with Crippen LogP contribution >= 0.6 is 0 Å². The minimum absolute atomic E-state index is 0.0396. The average Bonchev–Trinajstić information content (AvgIpc) is 3.05. The van der Waals surface area contributed by atoms with E-state index in [2.05, 4.69) is 34.9 Å². The second kappa shape index (κ2) is 7.97. The molecule has 2 aromatic rings. The summed E-state index contributed by atoms with van der Waals surface area (Å²) < 4.78 is 5.61. The SMILES string of the molecule is O=C(NC1(C(=O)NC2CC(C(=O)O)C2)CCC1)OCC1c2ccccc2-c2ccccc21. The first-order chi connectivity index (χ1) is 15.5. The third-order valence-corrected chi connectivity index (χ3v) is 7.15. The number of benzene rings is 2. The van der Waals surface area contributed by atoms with Crippen molar-refractivity contribution in [3.05, 3.63) is 59.7 Å². The lowest BCUT2D eigenvalue weighted by atomic mass is 9.74. The van der Waals surface area contributed by atoms with Crippen molar-refractivity contribution in [2.45, 2.75) is 49.6 Å². The van der Waals surface area contributed by atoms with Gasteiger partial charge in [0.15, 0.2) is 0 Å². The van der Waals surface area contributed by atoms with Crippen LogP contribution in [0.1, 0.15) is 49.1 Å². The molecule has 3 aliphatic rings. The van der Waals surface area contributed by atoms with Crippen LogP contribution in [0.4, 0.5) is 4.79 Å². The van der Waals surface area contributed by atoms with Crippen LogP contribution < -0.4 is 10.6 Å².